The van der Waals surface area contributed by atoms with Gasteiger partial charge in [-0.3, -0.25) is 4.79 Å². The third-order valence-electron chi connectivity index (χ3n) is 7.25. The van der Waals surface area contributed by atoms with E-state index in [1.165, 1.54) is 9.18 Å². The fourth-order valence-corrected chi connectivity index (χ4v) is 7.40. The van der Waals surface area contributed by atoms with Crippen molar-refractivity contribution in [3.8, 4) is 5.75 Å². The molecule has 2 aromatic carbocycles. The molecule has 0 radical (unpaired) electrons. The topological polar surface area (TPSA) is 76.2 Å². The fourth-order valence-electron chi connectivity index (χ4n) is 5.05. The van der Waals surface area contributed by atoms with Crippen molar-refractivity contribution >= 4 is 27.3 Å². The quantitative estimate of drug-likeness (QED) is 0.382. The van der Waals surface area contributed by atoms with Gasteiger partial charge >= 0.3 is 0 Å². The standard InChI is InChI=1S/C29H34N2O5S2/c1-21-5-9-23(10-6-21)36-20-27-26-14-17-37-28(26)13-15-31(27)29(32)19-30(18-24-4-3-16-35-24)38(33,34)25-11-7-22(2)8-12-25/h5-12,14,17,24,27H,3-4,13,15-16,18-20H2,1-2H3/t24-,27+/m0/s1. The Morgan fingerprint density at radius 1 is 1.08 bits per heavy atom. The molecule has 2 atom stereocenters. The number of nitrogens with zero attached hydrogens (tertiary/aromatic N) is 2. The number of thiophene rings is 1. The molecule has 0 aliphatic carbocycles. The molecule has 0 unspecified atom stereocenters. The summed E-state index contributed by atoms with van der Waals surface area (Å²) in [6.07, 6.45) is 2.20. The number of carbonyl (C=O) groups excluding carboxylic acids is 1. The minimum atomic E-state index is -3.89. The number of amides is 1. The zero-order valence-corrected chi connectivity index (χ0v) is 23.5. The smallest absolute Gasteiger partial charge is 0.243 e. The van der Waals surface area contributed by atoms with Crippen molar-refractivity contribution in [2.24, 2.45) is 0 Å². The normalized spacial score (nSPS) is 19.5. The monoisotopic (exact) mass is 554 g/mol. The van der Waals surface area contributed by atoms with Gasteiger partial charge in [-0.2, -0.15) is 4.31 Å². The zero-order valence-electron chi connectivity index (χ0n) is 21.8. The van der Waals surface area contributed by atoms with Crippen molar-refractivity contribution in [3.63, 3.8) is 0 Å². The first kappa shape index (κ1) is 26.9. The first-order valence-electron chi connectivity index (χ1n) is 13.0. The van der Waals surface area contributed by atoms with Crippen molar-refractivity contribution in [2.75, 3.05) is 32.8 Å². The van der Waals surface area contributed by atoms with Gasteiger partial charge in [0.1, 0.15) is 12.4 Å². The van der Waals surface area contributed by atoms with Gasteiger partial charge in [-0.15, -0.1) is 11.3 Å². The van der Waals surface area contributed by atoms with Crippen LogP contribution in [0.4, 0.5) is 0 Å². The summed E-state index contributed by atoms with van der Waals surface area (Å²) in [6.45, 7) is 5.29. The second-order valence-corrected chi connectivity index (χ2v) is 13.0. The van der Waals surface area contributed by atoms with E-state index in [1.807, 2.05) is 43.5 Å². The molecule has 3 heterocycles. The van der Waals surface area contributed by atoms with E-state index < -0.39 is 10.0 Å². The number of fused-ring (bicyclic) bond motifs is 1. The Labute approximate surface area is 229 Å². The molecule has 1 aromatic heterocycles. The number of benzene rings is 2. The van der Waals surface area contributed by atoms with Crippen LogP contribution in [0.2, 0.25) is 0 Å². The molecule has 2 aliphatic heterocycles. The Bertz CT molecular complexity index is 1350. The SMILES string of the molecule is Cc1ccc(OC[C@@H]2c3ccsc3CCN2C(=O)CN(C[C@@H]2CCCO2)S(=O)(=O)c2ccc(C)cc2)cc1. The average Bonchev–Trinajstić information content (AvgIpc) is 3.60. The maximum Gasteiger partial charge on any atom is 0.243 e. The first-order valence-corrected chi connectivity index (χ1v) is 15.4. The molecule has 1 saturated heterocycles. The summed E-state index contributed by atoms with van der Waals surface area (Å²) in [7, 11) is -3.89. The Balaban J connectivity index is 1.38. The molecule has 0 spiro atoms. The van der Waals surface area contributed by atoms with E-state index in [0.717, 1.165) is 41.7 Å². The molecule has 0 saturated carbocycles. The molecule has 1 amide bonds. The van der Waals surface area contributed by atoms with Gasteiger partial charge in [-0.1, -0.05) is 35.4 Å². The van der Waals surface area contributed by atoms with Crippen LogP contribution in [0.5, 0.6) is 5.75 Å². The van der Waals surface area contributed by atoms with E-state index in [1.54, 1.807) is 40.5 Å². The molecule has 202 valence electrons. The lowest BCUT2D eigenvalue weighted by Crippen LogP contribution is -2.49. The van der Waals surface area contributed by atoms with Crippen molar-refractivity contribution in [1.29, 1.82) is 0 Å². The maximum atomic E-state index is 13.8. The number of sulfonamides is 1. The van der Waals surface area contributed by atoms with E-state index in [2.05, 4.69) is 6.07 Å². The van der Waals surface area contributed by atoms with E-state index in [4.69, 9.17) is 9.47 Å². The summed E-state index contributed by atoms with van der Waals surface area (Å²) in [5, 5.41) is 2.04. The van der Waals surface area contributed by atoms with E-state index in [0.29, 0.717) is 19.8 Å². The molecule has 3 aromatic rings. The number of hydrogen-bond acceptors (Lipinski definition) is 6. The molecule has 7 nitrogen and oxygen atoms in total. The van der Waals surface area contributed by atoms with Crippen LogP contribution in [0.15, 0.2) is 64.9 Å². The van der Waals surface area contributed by atoms with Crippen LogP contribution in [0.25, 0.3) is 0 Å². The molecule has 38 heavy (non-hydrogen) atoms. The van der Waals surface area contributed by atoms with Crippen LogP contribution >= 0.6 is 11.3 Å². The lowest BCUT2D eigenvalue weighted by molar-refractivity contribution is -0.135. The zero-order chi connectivity index (χ0) is 26.7. The molecular formula is C29H34N2O5S2. The summed E-state index contributed by atoms with van der Waals surface area (Å²) >= 11 is 1.69. The van der Waals surface area contributed by atoms with Crippen LogP contribution in [0, 0.1) is 13.8 Å². The van der Waals surface area contributed by atoms with Gasteiger partial charge in [0.15, 0.2) is 0 Å². The Kier molecular flexibility index (Phi) is 8.18. The molecule has 5 rings (SSSR count). The second-order valence-electron chi connectivity index (χ2n) is 10.0. The maximum absolute atomic E-state index is 13.8. The highest BCUT2D eigenvalue weighted by Crippen LogP contribution is 2.34. The Morgan fingerprint density at radius 2 is 1.79 bits per heavy atom. The first-order chi connectivity index (χ1) is 18.3. The highest BCUT2D eigenvalue weighted by molar-refractivity contribution is 7.89. The lowest BCUT2D eigenvalue weighted by Gasteiger charge is -2.37. The molecule has 1 fully saturated rings. The summed E-state index contributed by atoms with van der Waals surface area (Å²) < 4.78 is 40.6. The molecule has 0 N–H and O–H groups in total. The largest absolute Gasteiger partial charge is 0.491 e. The minimum Gasteiger partial charge on any atom is -0.491 e. The number of ether oxygens (including phenoxy) is 2. The summed E-state index contributed by atoms with van der Waals surface area (Å²) in [6, 6.07) is 16.4. The summed E-state index contributed by atoms with van der Waals surface area (Å²) in [4.78, 5) is 17.1. The Morgan fingerprint density at radius 3 is 2.47 bits per heavy atom. The van der Waals surface area contributed by atoms with Gasteiger partial charge in [0.25, 0.3) is 0 Å². The summed E-state index contributed by atoms with van der Waals surface area (Å²) in [5.41, 5.74) is 3.20. The number of carbonyl (C=O) groups is 1. The molecular weight excluding hydrogens is 520 g/mol. The predicted octanol–water partition coefficient (Wildman–Crippen LogP) is 4.74. The van der Waals surface area contributed by atoms with E-state index in [9.17, 15) is 13.2 Å². The van der Waals surface area contributed by atoms with E-state index in [-0.39, 0.29) is 36.0 Å². The van der Waals surface area contributed by atoms with Crippen LogP contribution in [0.3, 0.4) is 0 Å². The van der Waals surface area contributed by atoms with Crippen LogP contribution < -0.4 is 4.74 Å². The highest BCUT2D eigenvalue weighted by Gasteiger charge is 2.36. The average molecular weight is 555 g/mol. The molecule has 0 bridgehead atoms. The van der Waals surface area contributed by atoms with Crippen molar-refractivity contribution in [3.05, 3.63) is 81.5 Å². The molecule has 2 aliphatic rings. The van der Waals surface area contributed by atoms with Crippen LogP contribution in [0.1, 0.15) is 40.5 Å². The molecule has 9 heteroatoms. The third-order valence-corrected chi connectivity index (χ3v) is 10.1. The van der Waals surface area contributed by atoms with Crippen LogP contribution in [-0.4, -0.2) is 62.5 Å². The fraction of sp³-hybridized carbons (Fsp3) is 0.414. The third kappa shape index (κ3) is 5.96. The van der Waals surface area contributed by atoms with Gasteiger partial charge in [0.2, 0.25) is 15.9 Å². The van der Waals surface area contributed by atoms with E-state index >= 15 is 0 Å². The van der Waals surface area contributed by atoms with Gasteiger partial charge < -0.3 is 14.4 Å². The number of aryl methyl sites for hydroxylation is 2. The van der Waals surface area contributed by atoms with Crippen molar-refractivity contribution in [2.45, 2.75) is 50.2 Å². The van der Waals surface area contributed by atoms with Crippen molar-refractivity contribution < 1.29 is 22.7 Å². The van der Waals surface area contributed by atoms with Crippen molar-refractivity contribution in [1.82, 2.24) is 9.21 Å². The Hall–Kier alpha value is -2.72. The van der Waals surface area contributed by atoms with Gasteiger partial charge in [0.05, 0.1) is 23.6 Å². The predicted molar refractivity (Wildman–Crippen MR) is 148 cm³/mol. The lowest BCUT2D eigenvalue weighted by atomic mass is 10.0. The number of hydrogen-bond donors (Lipinski definition) is 0. The van der Waals surface area contributed by atoms with Crippen LogP contribution in [-0.2, 0) is 26.0 Å². The van der Waals surface area contributed by atoms with Gasteiger partial charge in [-0.25, -0.2) is 8.42 Å². The highest BCUT2D eigenvalue weighted by atomic mass is 32.2. The van der Waals surface area contributed by atoms with Gasteiger partial charge in [-0.05, 0) is 74.4 Å². The summed E-state index contributed by atoms with van der Waals surface area (Å²) in [5.74, 6) is 0.514. The second kappa shape index (κ2) is 11.6. The van der Waals surface area contributed by atoms with Gasteiger partial charge in [0, 0.05) is 24.6 Å². The minimum absolute atomic E-state index is 0.157. The number of rotatable bonds is 9.